The highest BCUT2D eigenvalue weighted by atomic mass is 35.5. The molecule has 1 aromatic carbocycles. The summed E-state index contributed by atoms with van der Waals surface area (Å²) in [6, 6.07) is 6.77. The Labute approximate surface area is 133 Å². The van der Waals surface area contributed by atoms with Crippen LogP contribution in [-0.2, 0) is 14.8 Å². The van der Waals surface area contributed by atoms with Crippen molar-refractivity contribution < 1.29 is 13.2 Å². The molecule has 0 unspecified atom stereocenters. The summed E-state index contributed by atoms with van der Waals surface area (Å²) in [5, 5.41) is 3.57. The average Bonchev–Trinajstić information content (AvgIpc) is 2.43. The van der Waals surface area contributed by atoms with E-state index in [0.29, 0.717) is 16.4 Å². The van der Waals surface area contributed by atoms with Crippen molar-refractivity contribution >= 4 is 38.9 Å². The van der Waals surface area contributed by atoms with E-state index in [0.717, 1.165) is 12.5 Å². The molecule has 0 aliphatic carbocycles. The van der Waals surface area contributed by atoms with Crippen LogP contribution in [0, 0.1) is 6.92 Å². The molecule has 0 saturated carbocycles. The normalized spacial score (nSPS) is 11.0. The van der Waals surface area contributed by atoms with Gasteiger partial charge < -0.3 is 5.32 Å². The smallest absolute Gasteiger partial charge is 0.267 e. The number of halogens is 1. The van der Waals surface area contributed by atoms with Gasteiger partial charge in [0.1, 0.15) is 4.90 Å². The summed E-state index contributed by atoms with van der Waals surface area (Å²) >= 11 is 6.05. The second-order valence-electron chi connectivity index (χ2n) is 4.57. The van der Waals surface area contributed by atoms with Gasteiger partial charge in [0.05, 0.1) is 5.69 Å². The molecule has 22 heavy (non-hydrogen) atoms. The first kappa shape index (κ1) is 16.3. The largest absolute Gasteiger partial charge is 0.354 e. The van der Waals surface area contributed by atoms with E-state index in [4.69, 9.17) is 11.6 Å². The van der Waals surface area contributed by atoms with Crippen LogP contribution in [0.15, 0.2) is 41.6 Å². The lowest BCUT2D eigenvalue weighted by Gasteiger charge is -2.14. The van der Waals surface area contributed by atoms with Crippen molar-refractivity contribution in [2.24, 2.45) is 0 Å². The molecule has 1 aromatic heterocycles. The monoisotopic (exact) mass is 339 g/mol. The number of rotatable bonds is 4. The molecule has 0 fully saturated rings. The predicted octanol–water partition coefficient (Wildman–Crippen LogP) is 2.61. The third-order valence-electron chi connectivity index (χ3n) is 2.89. The van der Waals surface area contributed by atoms with Crippen LogP contribution >= 0.6 is 11.6 Å². The lowest BCUT2D eigenvalue weighted by Crippen LogP contribution is -2.28. The number of anilines is 2. The van der Waals surface area contributed by atoms with E-state index in [1.54, 1.807) is 18.2 Å². The number of nitrogens with one attached hydrogen (secondary N) is 2. The summed E-state index contributed by atoms with van der Waals surface area (Å²) in [6.45, 7) is 2.94. The quantitative estimate of drug-likeness (QED) is 0.893. The van der Waals surface area contributed by atoms with Crippen LogP contribution in [0.3, 0.4) is 0 Å². The van der Waals surface area contributed by atoms with Gasteiger partial charge in [0.15, 0.2) is 0 Å². The molecule has 0 aliphatic rings. The van der Waals surface area contributed by atoms with Crippen LogP contribution in [0.4, 0.5) is 11.4 Å². The molecule has 2 rings (SSSR count). The van der Waals surface area contributed by atoms with Crippen molar-refractivity contribution in [3.63, 3.8) is 0 Å². The highest BCUT2D eigenvalue weighted by molar-refractivity contribution is 7.90. The van der Waals surface area contributed by atoms with Gasteiger partial charge in [0.25, 0.3) is 10.0 Å². The van der Waals surface area contributed by atoms with E-state index in [9.17, 15) is 13.2 Å². The summed E-state index contributed by atoms with van der Waals surface area (Å²) in [6.07, 6.45) is 2.63. The van der Waals surface area contributed by atoms with E-state index in [1.165, 1.54) is 18.5 Å². The van der Waals surface area contributed by atoms with Gasteiger partial charge in [-0.2, -0.15) is 0 Å². The van der Waals surface area contributed by atoms with Crippen LogP contribution < -0.4 is 10.0 Å². The fourth-order valence-electron chi connectivity index (χ4n) is 1.83. The SMILES string of the molecule is CC(=O)NS(=O)(=O)c1cnccc1Nc1cccc(Cl)c1C. The average molecular weight is 340 g/mol. The molecule has 8 heteroatoms. The van der Waals surface area contributed by atoms with Gasteiger partial charge in [-0.15, -0.1) is 0 Å². The van der Waals surface area contributed by atoms with E-state index in [-0.39, 0.29) is 4.90 Å². The van der Waals surface area contributed by atoms with Gasteiger partial charge in [0, 0.05) is 30.0 Å². The maximum absolute atomic E-state index is 12.2. The highest BCUT2D eigenvalue weighted by Gasteiger charge is 2.20. The molecule has 1 amide bonds. The molecule has 2 aromatic rings. The Morgan fingerprint density at radius 2 is 1.95 bits per heavy atom. The Morgan fingerprint density at radius 3 is 2.64 bits per heavy atom. The fourth-order valence-corrected chi connectivity index (χ4v) is 3.10. The zero-order chi connectivity index (χ0) is 16.3. The molecule has 2 N–H and O–H groups in total. The van der Waals surface area contributed by atoms with Gasteiger partial charge in [-0.05, 0) is 30.7 Å². The summed E-state index contributed by atoms with van der Waals surface area (Å²) in [4.78, 5) is 14.7. The maximum atomic E-state index is 12.2. The van der Waals surface area contributed by atoms with Crippen molar-refractivity contribution in [2.45, 2.75) is 18.7 Å². The molecule has 1 heterocycles. The molecule has 116 valence electrons. The number of pyridine rings is 1. The molecule has 0 aliphatic heterocycles. The summed E-state index contributed by atoms with van der Waals surface area (Å²) in [5.74, 6) is -0.672. The second-order valence-corrected chi connectivity index (χ2v) is 6.63. The second kappa shape index (κ2) is 6.33. The molecule has 6 nitrogen and oxygen atoms in total. The topological polar surface area (TPSA) is 88.2 Å². The minimum atomic E-state index is -3.99. The van der Waals surface area contributed by atoms with Crippen LogP contribution in [0.2, 0.25) is 5.02 Å². The van der Waals surface area contributed by atoms with E-state index < -0.39 is 15.9 Å². The Morgan fingerprint density at radius 1 is 1.23 bits per heavy atom. The van der Waals surface area contributed by atoms with Crippen molar-refractivity contribution in [1.82, 2.24) is 9.71 Å². The number of nitrogens with zero attached hydrogens (tertiary/aromatic N) is 1. The maximum Gasteiger partial charge on any atom is 0.267 e. The number of amides is 1. The zero-order valence-electron chi connectivity index (χ0n) is 11.9. The first-order valence-electron chi connectivity index (χ1n) is 6.31. The predicted molar refractivity (Wildman–Crippen MR) is 84.7 cm³/mol. The van der Waals surface area contributed by atoms with Crippen molar-refractivity contribution in [3.05, 3.63) is 47.2 Å². The Hall–Kier alpha value is -2.12. The number of sulfonamides is 1. The van der Waals surface area contributed by atoms with Crippen LogP contribution in [0.25, 0.3) is 0 Å². The van der Waals surface area contributed by atoms with E-state index in [2.05, 4.69) is 10.3 Å². The molecule has 0 radical (unpaired) electrons. The Balaban J connectivity index is 2.45. The first-order chi connectivity index (χ1) is 10.3. The van der Waals surface area contributed by atoms with Crippen molar-refractivity contribution in [3.8, 4) is 0 Å². The Kier molecular flexibility index (Phi) is 4.68. The molecular weight excluding hydrogens is 326 g/mol. The number of hydrogen-bond acceptors (Lipinski definition) is 5. The van der Waals surface area contributed by atoms with Crippen molar-refractivity contribution in [1.29, 1.82) is 0 Å². The molecule has 0 spiro atoms. The zero-order valence-corrected chi connectivity index (χ0v) is 13.5. The van der Waals surface area contributed by atoms with E-state index in [1.807, 2.05) is 11.6 Å². The van der Waals surface area contributed by atoms with Gasteiger partial charge in [-0.1, -0.05) is 17.7 Å². The van der Waals surface area contributed by atoms with Gasteiger partial charge in [-0.3, -0.25) is 9.78 Å². The van der Waals surface area contributed by atoms with Crippen LogP contribution in [0.1, 0.15) is 12.5 Å². The van der Waals surface area contributed by atoms with Crippen LogP contribution in [-0.4, -0.2) is 19.3 Å². The molecule has 0 atom stereocenters. The third-order valence-corrected chi connectivity index (χ3v) is 4.76. The summed E-state index contributed by atoms with van der Waals surface area (Å²) in [5.41, 5.74) is 1.75. The third kappa shape index (κ3) is 3.55. The number of hydrogen-bond donors (Lipinski definition) is 2. The van der Waals surface area contributed by atoms with Crippen LogP contribution in [0.5, 0.6) is 0 Å². The lowest BCUT2D eigenvalue weighted by molar-refractivity contribution is -0.117. The minimum absolute atomic E-state index is 0.121. The number of aromatic nitrogens is 1. The molecule has 0 bridgehead atoms. The summed E-state index contributed by atoms with van der Waals surface area (Å²) in [7, 11) is -3.99. The van der Waals surface area contributed by atoms with Gasteiger partial charge in [0.2, 0.25) is 5.91 Å². The number of benzene rings is 1. The fraction of sp³-hybridized carbons (Fsp3) is 0.143. The minimum Gasteiger partial charge on any atom is -0.354 e. The highest BCUT2D eigenvalue weighted by Crippen LogP contribution is 2.29. The van der Waals surface area contributed by atoms with Crippen molar-refractivity contribution in [2.75, 3.05) is 5.32 Å². The molecule has 0 saturated heterocycles. The van der Waals surface area contributed by atoms with E-state index >= 15 is 0 Å². The first-order valence-corrected chi connectivity index (χ1v) is 8.17. The molecular formula is C14H14ClN3O3S. The number of carbonyl (C=O) groups is 1. The number of carbonyl (C=O) groups excluding carboxylic acids is 1. The van der Waals surface area contributed by atoms with Gasteiger partial charge in [-0.25, -0.2) is 13.1 Å². The lowest BCUT2D eigenvalue weighted by atomic mass is 10.2. The van der Waals surface area contributed by atoms with Gasteiger partial charge >= 0.3 is 0 Å². The standard InChI is InChI=1S/C14H14ClN3O3S/c1-9-11(15)4-3-5-12(9)17-13-6-7-16-8-14(13)22(20,21)18-10(2)19/h3-8H,1-2H3,(H,16,17)(H,18,19). The Bertz CT molecular complexity index is 822. The summed E-state index contributed by atoms with van der Waals surface area (Å²) < 4.78 is 26.2.